The molecule has 0 bridgehead atoms. The van der Waals surface area contributed by atoms with Gasteiger partial charge in [-0.1, -0.05) is 37.6 Å². The summed E-state index contributed by atoms with van der Waals surface area (Å²) < 4.78 is 7.06. The molecule has 2 aromatic rings. The number of carbonyl (C=O) groups excluding carboxylic acids is 1. The van der Waals surface area contributed by atoms with Gasteiger partial charge in [0, 0.05) is 5.56 Å². The van der Waals surface area contributed by atoms with Crippen molar-refractivity contribution in [2.24, 2.45) is 5.41 Å². The molecule has 29 heavy (non-hydrogen) atoms. The lowest BCUT2D eigenvalue weighted by Gasteiger charge is -2.36. The number of benzene rings is 1. The molecule has 0 saturated heterocycles. The number of fused-ring (bicyclic) bond motifs is 1. The van der Waals surface area contributed by atoms with Crippen LogP contribution in [0, 0.1) is 19.3 Å². The minimum Gasteiger partial charge on any atom is -0.457 e. The smallest absolute Gasteiger partial charge is 0.348 e. The van der Waals surface area contributed by atoms with E-state index in [2.05, 4.69) is 52.1 Å². The Bertz CT molecular complexity index is 988. The first kappa shape index (κ1) is 20.7. The molecule has 0 atom stereocenters. The number of rotatable bonds is 4. The van der Waals surface area contributed by atoms with E-state index < -0.39 is 0 Å². The maximum atomic E-state index is 13.1. The highest BCUT2D eigenvalue weighted by atomic mass is 32.2. The predicted octanol–water partition coefficient (Wildman–Crippen LogP) is 7.35. The summed E-state index contributed by atoms with van der Waals surface area (Å²) in [7, 11) is 0. The lowest BCUT2D eigenvalue weighted by atomic mass is 9.69. The van der Waals surface area contributed by atoms with Crippen molar-refractivity contribution in [3.8, 4) is 0 Å². The van der Waals surface area contributed by atoms with Crippen LogP contribution >= 0.6 is 23.1 Å². The summed E-state index contributed by atoms with van der Waals surface area (Å²) in [5.41, 5.74) is 9.47. The molecular weight excluding hydrogens is 396 g/mol. The van der Waals surface area contributed by atoms with Gasteiger partial charge in [-0.3, -0.25) is 0 Å². The van der Waals surface area contributed by atoms with E-state index in [-0.39, 0.29) is 11.4 Å². The minimum atomic E-state index is -0.166. The molecule has 0 N–H and O–H groups in total. The molecule has 0 unspecified atom stereocenters. The monoisotopic (exact) mass is 426 g/mol. The van der Waals surface area contributed by atoms with Gasteiger partial charge in [-0.2, -0.15) is 0 Å². The second-order valence-electron chi connectivity index (χ2n) is 9.22. The summed E-state index contributed by atoms with van der Waals surface area (Å²) >= 11 is 3.41. The first-order chi connectivity index (χ1) is 13.8. The lowest BCUT2D eigenvalue weighted by molar-refractivity contribution is 0.0476. The Kier molecular flexibility index (Phi) is 5.69. The van der Waals surface area contributed by atoms with E-state index >= 15 is 0 Å². The van der Waals surface area contributed by atoms with Crippen LogP contribution in [0.4, 0.5) is 0 Å². The average Bonchev–Trinajstić information content (AvgIpc) is 2.98. The Morgan fingerprint density at radius 1 is 1.17 bits per heavy atom. The standard InChI is InChI=1S/C25H30O2S2/c1-15-9-10-17(11-16(15)2)14-27-23(26)22-20-13-25(3,4)12-19(18-7-6-8-18)21(20)24(28-5)29-22/h9-11H,6-8,12-14H2,1-5H3. The molecule has 0 aliphatic heterocycles. The van der Waals surface area contributed by atoms with Gasteiger partial charge in [0.15, 0.2) is 0 Å². The molecule has 0 radical (unpaired) electrons. The van der Waals surface area contributed by atoms with Crippen LogP contribution in [-0.4, -0.2) is 12.2 Å². The number of hydrogen-bond donors (Lipinski definition) is 0. The van der Waals surface area contributed by atoms with Crippen LogP contribution in [0.25, 0.3) is 5.57 Å². The summed E-state index contributed by atoms with van der Waals surface area (Å²) in [5, 5.41) is 0. The van der Waals surface area contributed by atoms with Gasteiger partial charge < -0.3 is 4.74 Å². The second-order valence-corrected chi connectivity index (χ2v) is 11.3. The lowest BCUT2D eigenvalue weighted by Crippen LogP contribution is -2.24. The van der Waals surface area contributed by atoms with Gasteiger partial charge in [-0.25, -0.2) is 4.79 Å². The topological polar surface area (TPSA) is 26.3 Å². The largest absolute Gasteiger partial charge is 0.457 e. The number of carbonyl (C=O) groups is 1. The first-order valence-electron chi connectivity index (χ1n) is 10.4. The van der Waals surface area contributed by atoms with Crippen LogP contribution in [-0.2, 0) is 17.8 Å². The summed E-state index contributed by atoms with van der Waals surface area (Å²) in [4.78, 5) is 13.9. The van der Waals surface area contributed by atoms with Crippen LogP contribution in [0.1, 0.15) is 77.0 Å². The van der Waals surface area contributed by atoms with Crippen molar-refractivity contribution >= 4 is 34.6 Å². The van der Waals surface area contributed by atoms with Crippen molar-refractivity contribution in [2.45, 2.75) is 70.6 Å². The number of aryl methyl sites for hydroxylation is 2. The third-order valence-corrected chi connectivity index (χ3v) is 8.61. The third kappa shape index (κ3) is 4.06. The van der Waals surface area contributed by atoms with Crippen molar-refractivity contribution in [1.82, 2.24) is 0 Å². The summed E-state index contributed by atoms with van der Waals surface area (Å²) in [6, 6.07) is 6.26. The summed E-state index contributed by atoms with van der Waals surface area (Å²) in [6.45, 7) is 9.19. The highest BCUT2D eigenvalue weighted by Crippen LogP contribution is 2.52. The number of allylic oxidation sites excluding steroid dienone is 2. The van der Waals surface area contributed by atoms with Gasteiger partial charge in [0.2, 0.25) is 0 Å². The highest BCUT2D eigenvalue weighted by Gasteiger charge is 2.37. The fourth-order valence-electron chi connectivity index (χ4n) is 4.40. The third-order valence-electron chi connectivity index (χ3n) is 6.28. The number of hydrogen-bond acceptors (Lipinski definition) is 4. The highest BCUT2D eigenvalue weighted by molar-refractivity contribution is 8.00. The molecule has 1 aromatic carbocycles. The second kappa shape index (κ2) is 7.96. The molecule has 0 amide bonds. The van der Waals surface area contributed by atoms with Gasteiger partial charge in [-0.15, -0.1) is 23.1 Å². The zero-order valence-electron chi connectivity index (χ0n) is 18.1. The Balaban J connectivity index is 1.65. The molecule has 1 heterocycles. The van der Waals surface area contributed by atoms with Crippen molar-refractivity contribution in [1.29, 1.82) is 0 Å². The number of thioether (sulfide) groups is 1. The van der Waals surface area contributed by atoms with Crippen molar-refractivity contribution < 1.29 is 9.53 Å². The van der Waals surface area contributed by atoms with E-state index in [0.29, 0.717) is 6.61 Å². The Morgan fingerprint density at radius 3 is 2.55 bits per heavy atom. The van der Waals surface area contributed by atoms with Crippen LogP contribution in [0.2, 0.25) is 0 Å². The van der Waals surface area contributed by atoms with E-state index in [1.807, 2.05) is 0 Å². The molecular formula is C25H30O2S2. The molecule has 2 aliphatic rings. The van der Waals surface area contributed by atoms with Gasteiger partial charge in [-0.05, 0) is 85.4 Å². The molecule has 4 heteroatoms. The van der Waals surface area contributed by atoms with E-state index in [4.69, 9.17) is 4.74 Å². The fourth-order valence-corrected chi connectivity index (χ4v) is 6.40. The van der Waals surface area contributed by atoms with Gasteiger partial charge in [0.25, 0.3) is 0 Å². The maximum Gasteiger partial charge on any atom is 0.348 e. The van der Waals surface area contributed by atoms with Gasteiger partial charge in [0.1, 0.15) is 11.5 Å². The van der Waals surface area contributed by atoms with Gasteiger partial charge >= 0.3 is 5.97 Å². The van der Waals surface area contributed by atoms with Crippen LogP contribution in [0.3, 0.4) is 0 Å². The van der Waals surface area contributed by atoms with E-state index in [0.717, 1.165) is 23.3 Å². The Hall–Kier alpha value is -1.52. The van der Waals surface area contributed by atoms with E-state index in [1.165, 1.54) is 51.3 Å². The fraction of sp³-hybridized carbons (Fsp3) is 0.480. The zero-order chi connectivity index (χ0) is 20.8. The molecule has 0 spiro atoms. The number of ether oxygens (including phenoxy) is 1. The molecule has 1 aromatic heterocycles. The molecule has 154 valence electrons. The summed E-state index contributed by atoms with van der Waals surface area (Å²) in [5.74, 6) is -0.166. The van der Waals surface area contributed by atoms with E-state index in [9.17, 15) is 4.79 Å². The number of esters is 1. The average molecular weight is 427 g/mol. The SMILES string of the molecule is CSc1sc(C(=O)OCc2ccc(C)c(C)c2)c2c1C(=C1CCC1)CC(C)(C)C2. The normalized spacial score (nSPS) is 17.7. The Morgan fingerprint density at radius 2 is 1.93 bits per heavy atom. The maximum absolute atomic E-state index is 13.1. The molecule has 2 nitrogen and oxygen atoms in total. The molecule has 1 fully saturated rings. The molecule has 2 aliphatic carbocycles. The van der Waals surface area contributed by atoms with Crippen LogP contribution < -0.4 is 0 Å². The number of thiophene rings is 1. The van der Waals surface area contributed by atoms with Crippen molar-refractivity contribution in [2.75, 3.05) is 6.26 Å². The quantitative estimate of drug-likeness (QED) is 0.377. The van der Waals surface area contributed by atoms with Crippen LogP contribution in [0.5, 0.6) is 0 Å². The van der Waals surface area contributed by atoms with E-state index in [1.54, 1.807) is 28.7 Å². The zero-order valence-corrected chi connectivity index (χ0v) is 19.7. The minimum absolute atomic E-state index is 0.166. The summed E-state index contributed by atoms with van der Waals surface area (Å²) in [6.07, 6.45) is 7.94. The van der Waals surface area contributed by atoms with Crippen molar-refractivity contribution in [3.05, 3.63) is 56.5 Å². The molecule has 1 saturated carbocycles. The van der Waals surface area contributed by atoms with Gasteiger partial charge in [0.05, 0.1) is 4.21 Å². The van der Waals surface area contributed by atoms with Crippen LogP contribution in [0.15, 0.2) is 28.0 Å². The predicted molar refractivity (Wildman–Crippen MR) is 124 cm³/mol. The first-order valence-corrected chi connectivity index (χ1v) is 12.5. The van der Waals surface area contributed by atoms with Crippen molar-refractivity contribution in [3.63, 3.8) is 0 Å². The Labute approximate surface area is 182 Å². The molecule has 4 rings (SSSR count).